The molecule has 0 amide bonds. The quantitative estimate of drug-likeness (QED) is 0.725. The average Bonchev–Trinajstić information content (AvgIpc) is 2.06. The second-order valence-electron chi connectivity index (χ2n) is 3.24. The van der Waals surface area contributed by atoms with Crippen molar-refractivity contribution in [3.05, 3.63) is 0 Å². The molecular formula is C10H26NO2P. The van der Waals surface area contributed by atoms with Crippen LogP contribution in [-0.2, 0) is 4.52 Å². The third kappa shape index (κ3) is 6.72. The summed E-state index contributed by atoms with van der Waals surface area (Å²) in [7, 11) is -1.39. The molecule has 0 aliphatic carbocycles. The van der Waals surface area contributed by atoms with Gasteiger partial charge in [0.05, 0.1) is 6.61 Å². The van der Waals surface area contributed by atoms with E-state index in [1.54, 1.807) is 0 Å². The first kappa shape index (κ1) is 16.7. The molecule has 0 aliphatic rings. The van der Waals surface area contributed by atoms with Gasteiger partial charge in [-0.25, -0.2) is 4.67 Å². The third-order valence-corrected chi connectivity index (χ3v) is 3.31. The fraction of sp³-hybridized carbons (Fsp3) is 1.00. The summed E-state index contributed by atoms with van der Waals surface area (Å²) in [6.07, 6.45) is 0. The van der Waals surface area contributed by atoms with E-state index in [0.717, 1.165) is 0 Å². The highest BCUT2D eigenvalue weighted by molar-refractivity contribution is 7.43. The topological polar surface area (TPSA) is 32.7 Å². The number of nitrogens with zero attached hydrogens (tertiary/aromatic N) is 1. The van der Waals surface area contributed by atoms with Crippen LogP contribution in [0.1, 0.15) is 48.5 Å². The Kier molecular flexibility index (Phi) is 11.8. The maximum absolute atomic E-state index is 9.62. The lowest BCUT2D eigenvalue weighted by molar-refractivity contribution is 0.219. The lowest BCUT2D eigenvalue weighted by Crippen LogP contribution is -2.32. The maximum atomic E-state index is 9.62. The lowest BCUT2D eigenvalue weighted by Gasteiger charge is -2.32. The molecule has 0 aromatic rings. The SMILES string of the molecule is CC.CCOP(O)N(C(C)C)C(C)C. The van der Waals surface area contributed by atoms with Gasteiger partial charge in [0.25, 0.3) is 8.53 Å². The Morgan fingerprint density at radius 1 is 1.14 bits per heavy atom. The zero-order chi connectivity index (χ0) is 11.7. The molecule has 0 heterocycles. The molecule has 0 rings (SSSR count). The second kappa shape index (κ2) is 9.85. The van der Waals surface area contributed by atoms with Gasteiger partial charge in [-0.15, -0.1) is 0 Å². The van der Waals surface area contributed by atoms with Gasteiger partial charge < -0.3 is 9.42 Å². The minimum atomic E-state index is -1.39. The van der Waals surface area contributed by atoms with Gasteiger partial charge in [-0.3, -0.25) is 0 Å². The normalized spacial score (nSPS) is 13.1. The van der Waals surface area contributed by atoms with Gasteiger partial charge >= 0.3 is 0 Å². The molecule has 0 spiro atoms. The predicted octanol–water partition coefficient (Wildman–Crippen LogP) is 3.39. The summed E-state index contributed by atoms with van der Waals surface area (Å²) in [5.74, 6) is 0. The van der Waals surface area contributed by atoms with E-state index in [9.17, 15) is 4.89 Å². The Morgan fingerprint density at radius 3 is 1.71 bits per heavy atom. The largest absolute Gasteiger partial charge is 0.338 e. The molecule has 14 heavy (non-hydrogen) atoms. The fourth-order valence-electron chi connectivity index (χ4n) is 1.17. The Morgan fingerprint density at radius 2 is 1.50 bits per heavy atom. The Hall–Kier alpha value is 0.310. The van der Waals surface area contributed by atoms with Crippen molar-refractivity contribution >= 4 is 8.53 Å². The number of rotatable bonds is 5. The van der Waals surface area contributed by atoms with E-state index < -0.39 is 8.53 Å². The van der Waals surface area contributed by atoms with Gasteiger partial charge in [0, 0.05) is 12.1 Å². The molecule has 1 unspecified atom stereocenters. The van der Waals surface area contributed by atoms with Gasteiger partial charge in [0.15, 0.2) is 0 Å². The average molecular weight is 223 g/mol. The smallest absolute Gasteiger partial charge is 0.256 e. The van der Waals surface area contributed by atoms with Crippen LogP contribution >= 0.6 is 8.53 Å². The molecule has 3 nitrogen and oxygen atoms in total. The standard InChI is InChI=1S/C8H20NO2P.C2H6/c1-6-11-12(10)9(7(2)3)8(4)5;1-2/h7-8,10H,6H2,1-5H3;1-2H3. The van der Waals surface area contributed by atoms with E-state index in [1.165, 1.54) is 0 Å². The van der Waals surface area contributed by atoms with E-state index in [2.05, 4.69) is 27.7 Å². The molecule has 0 aromatic carbocycles. The Labute approximate surface area is 90.4 Å². The zero-order valence-electron chi connectivity index (χ0n) is 10.6. The van der Waals surface area contributed by atoms with Gasteiger partial charge in [0.1, 0.15) is 0 Å². The Balaban J connectivity index is 0. The van der Waals surface area contributed by atoms with Crippen molar-refractivity contribution < 1.29 is 9.42 Å². The zero-order valence-corrected chi connectivity index (χ0v) is 11.5. The maximum Gasteiger partial charge on any atom is 0.256 e. The predicted molar refractivity (Wildman–Crippen MR) is 64.2 cm³/mol. The molecule has 0 fully saturated rings. The highest BCUT2D eigenvalue weighted by Gasteiger charge is 2.23. The van der Waals surface area contributed by atoms with Gasteiger partial charge in [-0.05, 0) is 34.6 Å². The summed E-state index contributed by atoms with van der Waals surface area (Å²) in [6.45, 7) is 14.7. The van der Waals surface area contributed by atoms with Crippen molar-refractivity contribution in [2.24, 2.45) is 0 Å². The van der Waals surface area contributed by atoms with Gasteiger partial charge in [-0.1, -0.05) is 13.8 Å². The molecule has 0 aromatic heterocycles. The highest BCUT2D eigenvalue weighted by atomic mass is 31.2. The van der Waals surface area contributed by atoms with E-state index >= 15 is 0 Å². The van der Waals surface area contributed by atoms with Crippen molar-refractivity contribution in [3.8, 4) is 0 Å². The highest BCUT2D eigenvalue weighted by Crippen LogP contribution is 2.39. The van der Waals surface area contributed by atoms with Crippen LogP contribution in [0.15, 0.2) is 0 Å². The van der Waals surface area contributed by atoms with Crippen LogP contribution in [0, 0.1) is 0 Å². The van der Waals surface area contributed by atoms with Crippen molar-refractivity contribution in [3.63, 3.8) is 0 Å². The van der Waals surface area contributed by atoms with Crippen LogP contribution in [0.25, 0.3) is 0 Å². The van der Waals surface area contributed by atoms with Crippen LogP contribution in [0.4, 0.5) is 0 Å². The molecule has 0 aliphatic heterocycles. The molecule has 88 valence electrons. The van der Waals surface area contributed by atoms with Crippen LogP contribution in [-0.4, -0.2) is 28.3 Å². The first-order valence-corrected chi connectivity index (χ1v) is 6.57. The van der Waals surface area contributed by atoms with E-state index in [4.69, 9.17) is 4.52 Å². The van der Waals surface area contributed by atoms with E-state index in [0.29, 0.717) is 18.7 Å². The van der Waals surface area contributed by atoms with Crippen LogP contribution in [0.3, 0.4) is 0 Å². The minimum Gasteiger partial charge on any atom is -0.338 e. The first-order valence-electron chi connectivity index (χ1n) is 5.40. The van der Waals surface area contributed by atoms with Crippen LogP contribution < -0.4 is 0 Å². The van der Waals surface area contributed by atoms with E-state index in [-0.39, 0.29) is 0 Å². The second-order valence-corrected chi connectivity index (χ2v) is 4.46. The molecular weight excluding hydrogens is 197 g/mol. The molecule has 4 heteroatoms. The Bertz CT molecular complexity index is 113. The molecule has 1 atom stereocenters. The summed E-state index contributed by atoms with van der Waals surface area (Å²) in [6, 6.07) is 0.653. The fourth-order valence-corrected chi connectivity index (χ4v) is 2.33. The molecule has 0 saturated carbocycles. The first-order chi connectivity index (χ1) is 6.50. The minimum absolute atomic E-state index is 0.327. The van der Waals surface area contributed by atoms with Crippen LogP contribution in [0.2, 0.25) is 0 Å². The van der Waals surface area contributed by atoms with E-state index in [1.807, 2.05) is 25.4 Å². The molecule has 0 bridgehead atoms. The molecule has 1 N–H and O–H groups in total. The van der Waals surface area contributed by atoms with Gasteiger partial charge in [-0.2, -0.15) is 0 Å². The van der Waals surface area contributed by atoms with Crippen LogP contribution in [0.5, 0.6) is 0 Å². The molecule has 0 radical (unpaired) electrons. The summed E-state index contributed by atoms with van der Waals surface area (Å²) in [5.41, 5.74) is 0. The summed E-state index contributed by atoms with van der Waals surface area (Å²) in [4.78, 5) is 9.62. The summed E-state index contributed by atoms with van der Waals surface area (Å²) < 4.78 is 7.16. The number of hydrogen-bond donors (Lipinski definition) is 1. The summed E-state index contributed by atoms with van der Waals surface area (Å²) >= 11 is 0. The summed E-state index contributed by atoms with van der Waals surface area (Å²) in [5, 5.41) is 0. The monoisotopic (exact) mass is 223 g/mol. The van der Waals surface area contributed by atoms with Crippen molar-refractivity contribution in [1.29, 1.82) is 0 Å². The lowest BCUT2D eigenvalue weighted by atomic mass is 10.3. The molecule has 0 saturated heterocycles. The van der Waals surface area contributed by atoms with Crippen molar-refractivity contribution in [1.82, 2.24) is 4.67 Å². The third-order valence-electron chi connectivity index (χ3n) is 1.50. The van der Waals surface area contributed by atoms with Gasteiger partial charge in [0.2, 0.25) is 0 Å². The van der Waals surface area contributed by atoms with Crippen molar-refractivity contribution in [2.75, 3.05) is 6.61 Å². The van der Waals surface area contributed by atoms with Crippen molar-refractivity contribution in [2.45, 2.75) is 60.5 Å². The number of hydrogen-bond acceptors (Lipinski definition) is 3.